The monoisotopic (exact) mass is 254 g/mol. The molecule has 0 aromatic heterocycles. The van der Waals surface area contributed by atoms with Crippen LogP contribution in [0.15, 0.2) is 0 Å². The molecule has 0 amide bonds. The molecule has 0 aliphatic carbocycles. The van der Waals surface area contributed by atoms with Gasteiger partial charge in [-0.2, -0.15) is 0 Å². The van der Waals surface area contributed by atoms with Crippen LogP contribution in [-0.2, 0) is 0 Å². The predicted octanol–water partition coefficient (Wildman–Crippen LogP) is 0.356. The molecule has 2 fully saturated rings. The Balaban J connectivity index is 1.50. The van der Waals surface area contributed by atoms with E-state index in [1.165, 1.54) is 78.0 Å². The van der Waals surface area contributed by atoms with Crippen molar-refractivity contribution in [2.24, 2.45) is 0 Å². The Kier molecular flexibility index (Phi) is 6.41. The number of likely N-dealkylation sites (N-methyl/N-ethyl adjacent to an activating group) is 1. The first-order valence-corrected chi connectivity index (χ1v) is 7.69. The van der Waals surface area contributed by atoms with E-state index < -0.39 is 0 Å². The summed E-state index contributed by atoms with van der Waals surface area (Å²) in [5.74, 6) is 0. The summed E-state index contributed by atoms with van der Waals surface area (Å²) < 4.78 is 0. The number of rotatable bonds is 5. The van der Waals surface area contributed by atoms with E-state index in [-0.39, 0.29) is 0 Å². The van der Waals surface area contributed by atoms with Crippen molar-refractivity contribution in [1.82, 2.24) is 20.4 Å². The second-order valence-electron chi connectivity index (χ2n) is 5.83. The molecule has 2 aliphatic rings. The summed E-state index contributed by atoms with van der Waals surface area (Å²) in [6.07, 6.45) is 5.28. The van der Waals surface area contributed by atoms with Crippen molar-refractivity contribution in [3.63, 3.8) is 0 Å². The molecule has 2 saturated heterocycles. The Labute approximate surface area is 112 Å². The summed E-state index contributed by atoms with van der Waals surface area (Å²) in [5.41, 5.74) is 0. The second kappa shape index (κ2) is 8.10. The van der Waals surface area contributed by atoms with Gasteiger partial charge < -0.3 is 20.4 Å². The number of piperazine rings is 1. The highest BCUT2D eigenvalue weighted by atomic mass is 15.2. The van der Waals surface area contributed by atoms with E-state index >= 15 is 0 Å². The number of hydrogen-bond acceptors (Lipinski definition) is 4. The maximum absolute atomic E-state index is 3.73. The van der Waals surface area contributed by atoms with Gasteiger partial charge in [0.15, 0.2) is 0 Å². The van der Waals surface area contributed by atoms with Crippen LogP contribution >= 0.6 is 0 Å². The Morgan fingerprint density at radius 2 is 1.94 bits per heavy atom. The van der Waals surface area contributed by atoms with Crippen molar-refractivity contribution in [2.45, 2.75) is 31.7 Å². The highest BCUT2D eigenvalue weighted by molar-refractivity contribution is 4.73. The van der Waals surface area contributed by atoms with Crippen LogP contribution < -0.4 is 10.6 Å². The minimum absolute atomic E-state index is 0.757. The normalized spacial score (nSPS) is 28.2. The van der Waals surface area contributed by atoms with Crippen LogP contribution in [-0.4, -0.2) is 75.2 Å². The Bertz CT molecular complexity index is 206. The Morgan fingerprint density at radius 3 is 2.78 bits per heavy atom. The molecule has 0 bridgehead atoms. The van der Waals surface area contributed by atoms with Gasteiger partial charge in [0.2, 0.25) is 0 Å². The van der Waals surface area contributed by atoms with Crippen molar-refractivity contribution >= 4 is 0 Å². The van der Waals surface area contributed by atoms with Crippen molar-refractivity contribution in [3.8, 4) is 0 Å². The number of hydrogen-bond donors (Lipinski definition) is 2. The number of nitrogens with zero attached hydrogens (tertiary/aromatic N) is 2. The summed E-state index contributed by atoms with van der Waals surface area (Å²) in [6.45, 7) is 9.84. The fourth-order valence-electron chi connectivity index (χ4n) is 2.90. The van der Waals surface area contributed by atoms with Crippen LogP contribution in [0.2, 0.25) is 0 Å². The lowest BCUT2D eigenvalue weighted by molar-refractivity contribution is 0.152. The molecule has 2 N–H and O–H groups in total. The van der Waals surface area contributed by atoms with Crippen LogP contribution in [0.1, 0.15) is 25.7 Å². The van der Waals surface area contributed by atoms with Crippen molar-refractivity contribution < 1.29 is 0 Å². The van der Waals surface area contributed by atoms with Gasteiger partial charge in [-0.05, 0) is 58.9 Å². The zero-order valence-corrected chi connectivity index (χ0v) is 12.0. The summed E-state index contributed by atoms with van der Waals surface area (Å²) in [5, 5.41) is 7.20. The highest BCUT2D eigenvalue weighted by Crippen LogP contribution is 2.05. The third kappa shape index (κ3) is 5.22. The molecular weight excluding hydrogens is 224 g/mol. The van der Waals surface area contributed by atoms with Crippen LogP contribution in [0.5, 0.6) is 0 Å². The van der Waals surface area contributed by atoms with Gasteiger partial charge >= 0.3 is 0 Å². The van der Waals surface area contributed by atoms with Gasteiger partial charge in [0.05, 0.1) is 0 Å². The van der Waals surface area contributed by atoms with Crippen molar-refractivity contribution in [2.75, 3.05) is 59.4 Å². The predicted molar refractivity (Wildman–Crippen MR) is 77.1 cm³/mol. The van der Waals surface area contributed by atoms with E-state index in [4.69, 9.17) is 0 Å². The second-order valence-corrected chi connectivity index (χ2v) is 5.83. The minimum atomic E-state index is 0.757. The van der Waals surface area contributed by atoms with Gasteiger partial charge in [-0.1, -0.05) is 0 Å². The molecule has 1 unspecified atom stereocenters. The molecule has 106 valence electrons. The zero-order valence-electron chi connectivity index (χ0n) is 12.0. The van der Waals surface area contributed by atoms with Gasteiger partial charge in [-0.15, -0.1) is 0 Å². The maximum atomic E-state index is 3.73. The fraction of sp³-hybridized carbons (Fsp3) is 1.00. The third-order valence-corrected chi connectivity index (χ3v) is 4.26. The summed E-state index contributed by atoms with van der Waals surface area (Å²) in [6, 6.07) is 0.757. The average molecular weight is 254 g/mol. The van der Waals surface area contributed by atoms with Gasteiger partial charge in [-0.3, -0.25) is 0 Å². The van der Waals surface area contributed by atoms with E-state index in [0.29, 0.717) is 0 Å². The maximum Gasteiger partial charge on any atom is 0.0110 e. The van der Waals surface area contributed by atoms with Crippen molar-refractivity contribution in [1.29, 1.82) is 0 Å². The topological polar surface area (TPSA) is 30.5 Å². The van der Waals surface area contributed by atoms with Gasteiger partial charge in [0.1, 0.15) is 0 Å². The van der Waals surface area contributed by atoms with Gasteiger partial charge in [0, 0.05) is 32.2 Å². The van der Waals surface area contributed by atoms with Gasteiger partial charge in [-0.25, -0.2) is 0 Å². The minimum Gasteiger partial charge on any atom is -0.317 e. The molecular formula is C14H30N4. The van der Waals surface area contributed by atoms with E-state index in [9.17, 15) is 0 Å². The first-order chi connectivity index (χ1) is 8.84. The number of nitrogens with one attached hydrogen (secondary N) is 2. The standard InChI is InChI=1S/C14H30N4/c1-17-10-12-18(13-11-17)9-3-7-16-14-4-2-6-15-8-5-14/h14-16H,2-13H2,1H3. The van der Waals surface area contributed by atoms with Crippen molar-refractivity contribution in [3.05, 3.63) is 0 Å². The average Bonchev–Trinajstić information content (AvgIpc) is 2.65. The van der Waals surface area contributed by atoms with E-state index in [1.54, 1.807) is 0 Å². The molecule has 18 heavy (non-hydrogen) atoms. The first-order valence-electron chi connectivity index (χ1n) is 7.69. The summed E-state index contributed by atoms with van der Waals surface area (Å²) in [7, 11) is 2.22. The van der Waals surface area contributed by atoms with E-state index in [2.05, 4.69) is 27.5 Å². The molecule has 0 radical (unpaired) electrons. The summed E-state index contributed by atoms with van der Waals surface area (Å²) in [4.78, 5) is 5.03. The lowest BCUT2D eigenvalue weighted by Gasteiger charge is -2.32. The van der Waals surface area contributed by atoms with Gasteiger partial charge in [0.25, 0.3) is 0 Å². The third-order valence-electron chi connectivity index (χ3n) is 4.26. The smallest absolute Gasteiger partial charge is 0.0110 e. The lowest BCUT2D eigenvalue weighted by Crippen LogP contribution is -2.45. The van der Waals surface area contributed by atoms with E-state index in [1.807, 2.05) is 0 Å². The first kappa shape index (κ1) is 14.3. The Hall–Kier alpha value is -0.160. The zero-order chi connectivity index (χ0) is 12.6. The lowest BCUT2D eigenvalue weighted by atomic mass is 10.1. The molecule has 0 aromatic rings. The molecule has 0 saturated carbocycles. The summed E-state index contributed by atoms with van der Waals surface area (Å²) >= 11 is 0. The van der Waals surface area contributed by atoms with Crippen LogP contribution in [0.3, 0.4) is 0 Å². The van der Waals surface area contributed by atoms with Crippen LogP contribution in [0, 0.1) is 0 Å². The molecule has 4 nitrogen and oxygen atoms in total. The largest absolute Gasteiger partial charge is 0.317 e. The van der Waals surface area contributed by atoms with E-state index in [0.717, 1.165) is 6.04 Å². The van der Waals surface area contributed by atoms with Crippen LogP contribution in [0.4, 0.5) is 0 Å². The molecule has 0 aromatic carbocycles. The molecule has 2 rings (SSSR count). The highest BCUT2D eigenvalue weighted by Gasteiger charge is 2.14. The molecule has 1 atom stereocenters. The fourth-order valence-corrected chi connectivity index (χ4v) is 2.90. The Morgan fingerprint density at radius 1 is 1.11 bits per heavy atom. The molecule has 4 heteroatoms. The SMILES string of the molecule is CN1CCN(CCCNC2CCCNCC2)CC1. The molecule has 2 aliphatic heterocycles. The van der Waals surface area contributed by atoms with Crippen LogP contribution in [0.25, 0.3) is 0 Å². The molecule has 2 heterocycles. The molecule has 0 spiro atoms. The quantitative estimate of drug-likeness (QED) is 0.694.